The number of piperidine rings is 1. The number of hydrogen-bond acceptors (Lipinski definition) is 3. The fourth-order valence-electron chi connectivity index (χ4n) is 4.89. The lowest BCUT2D eigenvalue weighted by molar-refractivity contribution is -0.173. The number of carbonyl (C=O) groups is 2. The van der Waals surface area contributed by atoms with Gasteiger partial charge in [-0.1, -0.05) is 68.0 Å². The quantitative estimate of drug-likeness (QED) is 0.497. The number of nitrogens with zero attached hydrogens (tertiary/aromatic N) is 1. The molecule has 1 aliphatic rings. The molecular formula is C27H35F3N2O3S. The van der Waals surface area contributed by atoms with E-state index in [1.807, 2.05) is 51.2 Å². The maximum Gasteiger partial charge on any atom is 0.471 e. The Bertz CT molecular complexity index is 1130. The minimum Gasteiger partial charge on any atom is -0.344 e. The molecule has 1 N–H and O–H groups in total. The summed E-state index contributed by atoms with van der Waals surface area (Å²) in [6.45, 7) is 8.73. The van der Waals surface area contributed by atoms with E-state index in [0.717, 1.165) is 23.3 Å². The molecule has 0 saturated carbocycles. The first-order valence-corrected chi connectivity index (χ1v) is 14.1. The van der Waals surface area contributed by atoms with Crippen molar-refractivity contribution in [3.05, 3.63) is 65.2 Å². The zero-order valence-electron chi connectivity index (χ0n) is 21.1. The van der Waals surface area contributed by atoms with E-state index >= 15 is 0 Å². The van der Waals surface area contributed by atoms with Gasteiger partial charge in [0.15, 0.2) is 0 Å². The molecule has 2 aromatic carbocycles. The van der Waals surface area contributed by atoms with Crippen molar-refractivity contribution in [2.45, 2.75) is 74.6 Å². The summed E-state index contributed by atoms with van der Waals surface area (Å²) in [5.41, 5.74) is 2.12. The Kier molecular flexibility index (Phi) is 8.64. The molecule has 5 nitrogen and oxygen atoms in total. The maximum atomic E-state index is 13.7. The van der Waals surface area contributed by atoms with E-state index < -0.39 is 22.0 Å². The number of amides is 2. The van der Waals surface area contributed by atoms with E-state index in [2.05, 4.69) is 0 Å². The summed E-state index contributed by atoms with van der Waals surface area (Å²) in [4.78, 5) is 26.9. The summed E-state index contributed by atoms with van der Waals surface area (Å²) >= 11 is 0. The van der Waals surface area contributed by atoms with E-state index in [-0.39, 0.29) is 28.9 Å². The van der Waals surface area contributed by atoms with E-state index in [4.69, 9.17) is 0 Å². The third kappa shape index (κ3) is 6.17. The number of hydrogen-bond donors (Lipinski definition) is 2. The summed E-state index contributed by atoms with van der Waals surface area (Å²) in [5.74, 6) is -1.87. The average molecular weight is 525 g/mol. The number of benzene rings is 2. The number of halogens is 3. The third-order valence-corrected chi connectivity index (χ3v) is 11.1. The molecule has 2 aromatic rings. The molecule has 0 unspecified atom stereocenters. The van der Waals surface area contributed by atoms with Crippen LogP contribution in [0.3, 0.4) is 0 Å². The van der Waals surface area contributed by atoms with Crippen LogP contribution in [0, 0.1) is 0 Å². The molecule has 0 aromatic heterocycles. The van der Waals surface area contributed by atoms with Crippen LogP contribution in [0.5, 0.6) is 0 Å². The highest BCUT2D eigenvalue weighted by molar-refractivity contribution is 8.04. The number of alkyl halides is 3. The lowest BCUT2D eigenvalue weighted by Gasteiger charge is -2.34. The molecule has 9 heteroatoms. The number of rotatable bonds is 7. The van der Waals surface area contributed by atoms with Gasteiger partial charge in [-0.05, 0) is 48.1 Å². The lowest BCUT2D eigenvalue weighted by Crippen LogP contribution is -2.38. The maximum absolute atomic E-state index is 13.7. The first-order chi connectivity index (χ1) is 16.8. The van der Waals surface area contributed by atoms with Crippen LogP contribution in [0.25, 0.3) is 0 Å². The van der Waals surface area contributed by atoms with Crippen molar-refractivity contribution in [1.82, 2.24) is 10.2 Å². The van der Waals surface area contributed by atoms with Gasteiger partial charge >= 0.3 is 12.1 Å². The zero-order valence-corrected chi connectivity index (χ0v) is 22.0. The summed E-state index contributed by atoms with van der Waals surface area (Å²) < 4.78 is 51.0. The van der Waals surface area contributed by atoms with Gasteiger partial charge in [-0.15, -0.1) is 0 Å². The topological polar surface area (TPSA) is 66.5 Å². The van der Waals surface area contributed by atoms with Crippen molar-refractivity contribution >= 4 is 21.7 Å². The van der Waals surface area contributed by atoms with Gasteiger partial charge < -0.3 is 10.2 Å². The van der Waals surface area contributed by atoms with Crippen molar-refractivity contribution in [1.29, 1.82) is 0 Å². The largest absolute Gasteiger partial charge is 0.471 e. The Labute approximate surface area is 211 Å². The van der Waals surface area contributed by atoms with E-state index in [0.29, 0.717) is 24.2 Å². The van der Waals surface area contributed by atoms with Crippen LogP contribution in [0.2, 0.25) is 0 Å². The Morgan fingerprint density at radius 3 is 2.19 bits per heavy atom. The molecule has 2 amide bonds. The van der Waals surface area contributed by atoms with Crippen LogP contribution in [0.4, 0.5) is 13.2 Å². The second kappa shape index (κ2) is 11.2. The molecule has 36 heavy (non-hydrogen) atoms. The van der Waals surface area contributed by atoms with Crippen LogP contribution in [0.15, 0.2) is 53.4 Å². The summed E-state index contributed by atoms with van der Waals surface area (Å²) in [6.07, 6.45) is -3.46. The zero-order chi connectivity index (χ0) is 26.7. The highest BCUT2D eigenvalue weighted by Crippen LogP contribution is 2.32. The molecular weight excluding hydrogens is 489 g/mol. The predicted octanol–water partition coefficient (Wildman–Crippen LogP) is 5.08. The standard InChI is InChI=1S/C27H35F3N2O3S/c1-18(2)36(35,19(3)4)24-10-6-9-23(16-24)25(33)32-13-11-21(12-14-32)22-8-5-7-20(15-22)17-31-26(34)27(28,29)30/h5-10,15-16,18-19,21,36H,11-14,17H2,1-4H3,(H,31,34). The highest BCUT2D eigenvalue weighted by atomic mass is 32.2. The monoisotopic (exact) mass is 524 g/mol. The minimum absolute atomic E-state index is 0.0175. The van der Waals surface area contributed by atoms with Crippen LogP contribution in [-0.4, -0.2) is 50.7 Å². The Balaban J connectivity index is 1.65. The number of carbonyl (C=O) groups excluding carboxylic acids is 2. The molecule has 0 spiro atoms. The molecule has 1 aliphatic heterocycles. The second-order valence-electron chi connectivity index (χ2n) is 9.94. The number of nitrogens with one attached hydrogen (secondary N) is 1. The molecule has 0 atom stereocenters. The smallest absolute Gasteiger partial charge is 0.344 e. The van der Waals surface area contributed by atoms with Gasteiger partial charge in [-0.2, -0.15) is 13.2 Å². The van der Waals surface area contributed by atoms with Crippen molar-refractivity contribution in [2.24, 2.45) is 0 Å². The molecule has 1 heterocycles. The van der Waals surface area contributed by atoms with Crippen LogP contribution >= 0.6 is 0 Å². The number of likely N-dealkylation sites (tertiary alicyclic amines) is 1. The van der Waals surface area contributed by atoms with Crippen LogP contribution < -0.4 is 5.32 Å². The van der Waals surface area contributed by atoms with Crippen LogP contribution in [-0.2, 0) is 21.3 Å². The molecule has 0 radical (unpaired) electrons. The molecule has 3 rings (SSSR count). The predicted molar refractivity (Wildman–Crippen MR) is 137 cm³/mol. The van der Waals surface area contributed by atoms with E-state index in [9.17, 15) is 27.0 Å². The minimum atomic E-state index is -4.91. The van der Waals surface area contributed by atoms with Crippen LogP contribution in [0.1, 0.15) is 67.9 Å². The van der Waals surface area contributed by atoms with Gasteiger partial charge in [0.2, 0.25) is 0 Å². The first kappa shape index (κ1) is 27.9. The van der Waals surface area contributed by atoms with Gasteiger partial charge in [0.25, 0.3) is 5.91 Å². The van der Waals surface area contributed by atoms with E-state index in [1.54, 1.807) is 35.2 Å². The summed E-state index contributed by atoms with van der Waals surface area (Å²) in [5, 5.41) is 1.87. The van der Waals surface area contributed by atoms with Crippen molar-refractivity contribution < 1.29 is 27.0 Å². The fourth-order valence-corrected chi connectivity index (χ4v) is 7.93. The molecule has 1 fully saturated rings. The molecule has 198 valence electrons. The lowest BCUT2D eigenvalue weighted by atomic mass is 9.88. The fraction of sp³-hybridized carbons (Fsp3) is 0.481. The van der Waals surface area contributed by atoms with Gasteiger partial charge in [-0.3, -0.25) is 13.8 Å². The van der Waals surface area contributed by atoms with Gasteiger partial charge in [0.1, 0.15) is 0 Å². The first-order valence-electron chi connectivity index (χ1n) is 12.3. The van der Waals surface area contributed by atoms with E-state index in [1.165, 1.54) is 0 Å². The Morgan fingerprint density at radius 1 is 1.00 bits per heavy atom. The Morgan fingerprint density at radius 2 is 1.61 bits per heavy atom. The normalized spacial score (nSPS) is 15.9. The number of thiol groups is 1. The molecule has 1 saturated heterocycles. The van der Waals surface area contributed by atoms with Gasteiger partial charge in [0.05, 0.1) is 0 Å². The average Bonchev–Trinajstić information content (AvgIpc) is 2.85. The molecule has 0 aliphatic carbocycles. The SMILES string of the molecule is CC(C)[SH](=O)(c1cccc(C(=O)N2CCC(c3cccc(CNC(=O)C(F)(F)F)c3)CC2)c1)C(C)C. The van der Waals surface area contributed by atoms with Gasteiger partial charge in [0, 0.05) is 40.6 Å². The Hall–Kier alpha value is -2.68. The van der Waals surface area contributed by atoms with Crippen molar-refractivity contribution in [3.8, 4) is 0 Å². The summed E-state index contributed by atoms with van der Waals surface area (Å²) in [7, 11) is -2.66. The third-order valence-electron chi connectivity index (χ3n) is 6.95. The second-order valence-corrected chi connectivity index (χ2v) is 13.9. The van der Waals surface area contributed by atoms with Gasteiger partial charge in [-0.25, -0.2) is 0 Å². The summed E-state index contributed by atoms with van der Waals surface area (Å²) in [6, 6.07) is 14.4. The highest BCUT2D eigenvalue weighted by Gasteiger charge is 2.38. The van der Waals surface area contributed by atoms with Crippen molar-refractivity contribution in [2.75, 3.05) is 13.1 Å². The van der Waals surface area contributed by atoms with Crippen molar-refractivity contribution in [3.63, 3.8) is 0 Å². The molecule has 0 bridgehead atoms.